The predicted octanol–water partition coefficient (Wildman–Crippen LogP) is 3.21. The standard InChI is InChI=1S/C15H20ClNO2S/c1-11-7-17(8-12(2)19-11)15(18)10-20-9-13-3-5-14(16)6-4-13/h3-6,11-12H,7-10H2,1-2H3. The second kappa shape index (κ2) is 7.34. The van der Waals surface area contributed by atoms with Gasteiger partial charge in [-0.15, -0.1) is 11.8 Å². The number of carbonyl (C=O) groups is 1. The molecule has 3 nitrogen and oxygen atoms in total. The molecule has 0 aromatic heterocycles. The Morgan fingerprint density at radius 1 is 1.30 bits per heavy atom. The molecular weight excluding hydrogens is 294 g/mol. The first kappa shape index (κ1) is 15.7. The fraction of sp³-hybridized carbons (Fsp3) is 0.533. The van der Waals surface area contributed by atoms with E-state index in [9.17, 15) is 4.79 Å². The van der Waals surface area contributed by atoms with E-state index in [2.05, 4.69) is 0 Å². The fourth-order valence-electron chi connectivity index (χ4n) is 2.31. The molecule has 1 fully saturated rings. The molecule has 0 bridgehead atoms. The first-order valence-electron chi connectivity index (χ1n) is 6.80. The van der Waals surface area contributed by atoms with Crippen molar-refractivity contribution in [2.24, 2.45) is 0 Å². The van der Waals surface area contributed by atoms with Gasteiger partial charge in [0.15, 0.2) is 0 Å². The lowest BCUT2D eigenvalue weighted by Gasteiger charge is -2.35. The molecule has 1 heterocycles. The molecule has 0 saturated carbocycles. The van der Waals surface area contributed by atoms with Gasteiger partial charge in [0.1, 0.15) is 0 Å². The van der Waals surface area contributed by atoms with Crippen LogP contribution in [0.2, 0.25) is 5.02 Å². The molecule has 20 heavy (non-hydrogen) atoms. The van der Waals surface area contributed by atoms with Gasteiger partial charge in [0.05, 0.1) is 18.0 Å². The zero-order chi connectivity index (χ0) is 14.5. The van der Waals surface area contributed by atoms with Crippen LogP contribution in [-0.2, 0) is 15.3 Å². The topological polar surface area (TPSA) is 29.5 Å². The highest BCUT2D eigenvalue weighted by Gasteiger charge is 2.25. The Hall–Kier alpha value is -0.710. The SMILES string of the molecule is CC1CN(C(=O)CSCc2ccc(Cl)cc2)CC(C)O1. The Morgan fingerprint density at radius 2 is 1.90 bits per heavy atom. The summed E-state index contributed by atoms with van der Waals surface area (Å²) in [5.74, 6) is 1.55. The smallest absolute Gasteiger partial charge is 0.232 e. The van der Waals surface area contributed by atoms with E-state index in [0.717, 1.165) is 10.8 Å². The number of amides is 1. The van der Waals surface area contributed by atoms with Crippen LogP contribution < -0.4 is 0 Å². The molecule has 5 heteroatoms. The third-order valence-corrected chi connectivity index (χ3v) is 4.42. The quantitative estimate of drug-likeness (QED) is 0.855. The number of carbonyl (C=O) groups excluding carboxylic acids is 1. The molecule has 110 valence electrons. The van der Waals surface area contributed by atoms with Crippen LogP contribution in [0.3, 0.4) is 0 Å². The monoisotopic (exact) mass is 313 g/mol. The van der Waals surface area contributed by atoms with Crippen molar-refractivity contribution >= 4 is 29.3 Å². The van der Waals surface area contributed by atoms with E-state index in [1.165, 1.54) is 5.56 Å². The minimum atomic E-state index is 0.129. The van der Waals surface area contributed by atoms with E-state index in [1.807, 2.05) is 43.0 Å². The van der Waals surface area contributed by atoms with E-state index < -0.39 is 0 Å². The number of benzene rings is 1. The maximum Gasteiger partial charge on any atom is 0.232 e. The molecule has 0 spiro atoms. The van der Waals surface area contributed by atoms with Gasteiger partial charge < -0.3 is 9.64 Å². The van der Waals surface area contributed by atoms with Gasteiger partial charge in [0.25, 0.3) is 0 Å². The molecular formula is C15H20ClNO2S. The molecule has 1 aromatic rings. The van der Waals surface area contributed by atoms with Crippen LogP contribution in [0.15, 0.2) is 24.3 Å². The summed E-state index contributed by atoms with van der Waals surface area (Å²) in [4.78, 5) is 14.1. The van der Waals surface area contributed by atoms with E-state index in [0.29, 0.717) is 18.8 Å². The lowest BCUT2D eigenvalue weighted by molar-refractivity contribution is -0.140. The number of hydrogen-bond acceptors (Lipinski definition) is 3. The first-order valence-corrected chi connectivity index (χ1v) is 8.33. The van der Waals surface area contributed by atoms with Gasteiger partial charge in [-0.1, -0.05) is 23.7 Å². The lowest BCUT2D eigenvalue weighted by atomic mass is 10.2. The molecule has 0 radical (unpaired) electrons. The number of rotatable bonds is 4. The summed E-state index contributed by atoms with van der Waals surface area (Å²) in [7, 11) is 0. The molecule has 1 aliphatic rings. The molecule has 1 aromatic carbocycles. The van der Waals surface area contributed by atoms with Gasteiger partial charge in [0, 0.05) is 23.9 Å². The number of nitrogens with zero attached hydrogens (tertiary/aromatic N) is 1. The zero-order valence-corrected chi connectivity index (χ0v) is 13.4. The van der Waals surface area contributed by atoms with Gasteiger partial charge in [-0.2, -0.15) is 0 Å². The Morgan fingerprint density at radius 3 is 2.50 bits per heavy atom. The molecule has 1 amide bonds. The largest absolute Gasteiger partial charge is 0.372 e. The molecule has 2 rings (SSSR count). The summed E-state index contributed by atoms with van der Waals surface area (Å²) in [6.07, 6.45) is 0.257. The van der Waals surface area contributed by atoms with Gasteiger partial charge in [-0.05, 0) is 31.5 Å². The molecule has 2 atom stereocenters. The van der Waals surface area contributed by atoms with Gasteiger partial charge >= 0.3 is 0 Å². The molecule has 1 saturated heterocycles. The van der Waals surface area contributed by atoms with Crippen LogP contribution >= 0.6 is 23.4 Å². The highest BCUT2D eigenvalue weighted by Crippen LogP contribution is 2.17. The lowest BCUT2D eigenvalue weighted by Crippen LogP contribution is -2.48. The summed E-state index contributed by atoms with van der Waals surface area (Å²) in [6, 6.07) is 7.76. The van der Waals surface area contributed by atoms with Crippen LogP contribution in [0, 0.1) is 0 Å². The predicted molar refractivity (Wildman–Crippen MR) is 84.2 cm³/mol. The van der Waals surface area contributed by atoms with E-state index in [1.54, 1.807) is 11.8 Å². The van der Waals surface area contributed by atoms with Gasteiger partial charge in [-0.25, -0.2) is 0 Å². The Bertz CT molecular complexity index is 442. The number of ether oxygens (including phenoxy) is 1. The van der Waals surface area contributed by atoms with Crippen molar-refractivity contribution in [3.63, 3.8) is 0 Å². The van der Waals surface area contributed by atoms with E-state index in [-0.39, 0.29) is 18.1 Å². The van der Waals surface area contributed by atoms with Crippen LogP contribution in [0.5, 0.6) is 0 Å². The summed E-state index contributed by atoms with van der Waals surface area (Å²) < 4.78 is 5.64. The van der Waals surface area contributed by atoms with Crippen molar-refractivity contribution in [1.82, 2.24) is 4.90 Å². The Kier molecular flexibility index (Phi) is 5.75. The second-order valence-corrected chi connectivity index (χ2v) is 6.60. The first-order chi connectivity index (χ1) is 9.54. The maximum atomic E-state index is 12.2. The fourth-order valence-corrected chi connectivity index (χ4v) is 3.32. The third-order valence-electron chi connectivity index (χ3n) is 3.18. The maximum absolute atomic E-state index is 12.2. The van der Waals surface area contributed by atoms with Gasteiger partial charge in [0.2, 0.25) is 5.91 Å². The Balaban J connectivity index is 1.76. The number of hydrogen-bond donors (Lipinski definition) is 0. The number of thioether (sulfide) groups is 1. The second-order valence-electron chi connectivity index (χ2n) is 5.18. The summed E-state index contributed by atoms with van der Waals surface area (Å²) in [5, 5.41) is 0.742. The van der Waals surface area contributed by atoms with Crippen LogP contribution in [0.1, 0.15) is 19.4 Å². The van der Waals surface area contributed by atoms with Crippen LogP contribution in [-0.4, -0.2) is 41.9 Å². The summed E-state index contributed by atoms with van der Waals surface area (Å²) in [6.45, 7) is 5.42. The molecule has 0 aliphatic carbocycles. The average molecular weight is 314 g/mol. The highest BCUT2D eigenvalue weighted by atomic mass is 35.5. The minimum Gasteiger partial charge on any atom is -0.372 e. The van der Waals surface area contributed by atoms with Crippen molar-refractivity contribution < 1.29 is 9.53 Å². The van der Waals surface area contributed by atoms with Crippen molar-refractivity contribution in [3.8, 4) is 0 Å². The Labute approximate surface area is 129 Å². The molecule has 2 unspecified atom stereocenters. The summed E-state index contributed by atoms with van der Waals surface area (Å²) in [5.41, 5.74) is 1.19. The van der Waals surface area contributed by atoms with Crippen molar-refractivity contribution in [3.05, 3.63) is 34.9 Å². The summed E-state index contributed by atoms with van der Waals surface area (Å²) >= 11 is 7.49. The van der Waals surface area contributed by atoms with Crippen molar-refractivity contribution in [2.45, 2.75) is 31.8 Å². The average Bonchev–Trinajstić information content (AvgIpc) is 2.40. The zero-order valence-electron chi connectivity index (χ0n) is 11.8. The van der Waals surface area contributed by atoms with Crippen molar-refractivity contribution in [1.29, 1.82) is 0 Å². The van der Waals surface area contributed by atoms with Crippen molar-refractivity contribution in [2.75, 3.05) is 18.8 Å². The van der Waals surface area contributed by atoms with Crippen LogP contribution in [0.4, 0.5) is 0 Å². The molecule has 1 aliphatic heterocycles. The van der Waals surface area contributed by atoms with E-state index >= 15 is 0 Å². The highest BCUT2D eigenvalue weighted by molar-refractivity contribution is 7.99. The normalized spacial score (nSPS) is 22.9. The third kappa shape index (κ3) is 4.69. The minimum absolute atomic E-state index is 0.129. The number of morpholine rings is 1. The van der Waals surface area contributed by atoms with Crippen LogP contribution in [0.25, 0.3) is 0 Å². The molecule has 0 N–H and O–H groups in total. The van der Waals surface area contributed by atoms with E-state index in [4.69, 9.17) is 16.3 Å². The number of halogens is 1. The van der Waals surface area contributed by atoms with Gasteiger partial charge in [-0.3, -0.25) is 4.79 Å².